The molecule has 11 heteroatoms. The van der Waals surface area contributed by atoms with E-state index >= 15 is 4.39 Å². The van der Waals surface area contributed by atoms with Gasteiger partial charge >= 0.3 is 6.09 Å². The molecule has 2 saturated heterocycles. The molecule has 1 unspecified atom stereocenters. The number of carbonyl (C=O) groups is 2. The lowest BCUT2D eigenvalue weighted by Gasteiger charge is -2.36. The summed E-state index contributed by atoms with van der Waals surface area (Å²) in [5.74, 6) is -0.337. The van der Waals surface area contributed by atoms with Crippen molar-refractivity contribution in [2.45, 2.75) is 64.3 Å². The minimum Gasteiger partial charge on any atom is -0.444 e. The van der Waals surface area contributed by atoms with E-state index in [1.807, 2.05) is 21.9 Å². The van der Waals surface area contributed by atoms with Gasteiger partial charge in [0, 0.05) is 57.1 Å². The van der Waals surface area contributed by atoms with Crippen LogP contribution < -0.4 is 20.9 Å². The molecular formula is C29H42FN5O5. The first-order valence-electron chi connectivity index (χ1n) is 14.0. The number of allylic oxidation sites excluding steroid dienone is 2. The van der Waals surface area contributed by atoms with Crippen LogP contribution >= 0.6 is 0 Å². The van der Waals surface area contributed by atoms with Gasteiger partial charge in [0.25, 0.3) is 0 Å². The third-order valence-electron chi connectivity index (χ3n) is 7.21. The van der Waals surface area contributed by atoms with E-state index in [4.69, 9.17) is 15.2 Å². The summed E-state index contributed by atoms with van der Waals surface area (Å²) < 4.78 is 26.2. The molecule has 0 radical (unpaired) electrons. The van der Waals surface area contributed by atoms with Crippen molar-refractivity contribution in [3.05, 3.63) is 47.4 Å². The fourth-order valence-corrected chi connectivity index (χ4v) is 5.07. The quantitative estimate of drug-likeness (QED) is 0.445. The standard InChI is InChI=1S/C29H42FN5O5/c1-29(2,3)40-28(38)32-17-23-18-35(19-39-23)22-7-8-25(24(30)16-22)33-11-13-34(14-12-33)27(37)10-9-26(36)20-5-4-6-21(31)15-20/h5,7-8,15-16,23,26,36H,4,6,9-14,17-19,31H2,1-3H3,(H,32,38)/t23-,26?/m0/s1. The van der Waals surface area contributed by atoms with Gasteiger partial charge in [-0.2, -0.15) is 0 Å². The molecule has 0 bridgehead atoms. The zero-order valence-electron chi connectivity index (χ0n) is 23.7. The highest BCUT2D eigenvalue weighted by Gasteiger charge is 2.27. The maximum absolute atomic E-state index is 15.2. The Morgan fingerprint density at radius 2 is 1.98 bits per heavy atom. The molecular weight excluding hydrogens is 517 g/mol. The van der Waals surface area contributed by atoms with Crippen LogP contribution in [0.1, 0.15) is 46.5 Å². The maximum Gasteiger partial charge on any atom is 0.407 e. The van der Waals surface area contributed by atoms with Crippen molar-refractivity contribution in [3.8, 4) is 0 Å². The molecule has 1 aromatic carbocycles. The number of aliphatic hydroxyl groups is 1. The summed E-state index contributed by atoms with van der Waals surface area (Å²) in [4.78, 5) is 30.3. The number of ether oxygens (including phenoxy) is 2. The fourth-order valence-electron chi connectivity index (χ4n) is 5.07. The highest BCUT2D eigenvalue weighted by Crippen LogP contribution is 2.28. The van der Waals surface area contributed by atoms with E-state index in [0.29, 0.717) is 63.8 Å². The SMILES string of the molecule is CC(C)(C)OC(=O)NC[C@H]1CN(c2ccc(N3CCN(C(=O)CCC(O)C4=CCCC(N)=C4)CC3)c(F)c2)CO1. The summed E-state index contributed by atoms with van der Waals surface area (Å²) in [6, 6.07) is 5.13. The average Bonchev–Trinajstić information content (AvgIpc) is 3.39. The molecule has 2 atom stereocenters. The minimum absolute atomic E-state index is 0.00683. The van der Waals surface area contributed by atoms with Crippen molar-refractivity contribution in [3.63, 3.8) is 0 Å². The number of piperazine rings is 1. The summed E-state index contributed by atoms with van der Waals surface area (Å²) in [5.41, 5.74) is 8.04. The molecule has 0 aromatic heterocycles. The van der Waals surface area contributed by atoms with E-state index in [2.05, 4.69) is 5.32 Å². The molecule has 4 rings (SSSR count). The zero-order valence-corrected chi connectivity index (χ0v) is 23.7. The number of hydrogen-bond acceptors (Lipinski definition) is 8. The first-order chi connectivity index (χ1) is 19.0. The summed E-state index contributed by atoms with van der Waals surface area (Å²) in [6.07, 6.45) is 4.56. The Morgan fingerprint density at radius 1 is 1.23 bits per heavy atom. The Morgan fingerprint density at radius 3 is 2.65 bits per heavy atom. The van der Waals surface area contributed by atoms with Crippen molar-refractivity contribution in [2.24, 2.45) is 5.73 Å². The van der Waals surface area contributed by atoms with Crippen LogP contribution in [0, 0.1) is 5.82 Å². The van der Waals surface area contributed by atoms with Crippen LogP contribution in [-0.4, -0.2) is 85.8 Å². The van der Waals surface area contributed by atoms with Crippen LogP contribution in [-0.2, 0) is 14.3 Å². The van der Waals surface area contributed by atoms with Crippen molar-refractivity contribution < 1.29 is 28.6 Å². The second-order valence-electron chi connectivity index (χ2n) is 11.5. The number of nitrogens with two attached hydrogens (primary N) is 1. The Balaban J connectivity index is 1.22. The third kappa shape index (κ3) is 8.11. The van der Waals surface area contributed by atoms with Gasteiger partial charge < -0.3 is 40.3 Å². The second kappa shape index (κ2) is 12.9. The van der Waals surface area contributed by atoms with Crippen LogP contribution in [0.4, 0.5) is 20.6 Å². The number of benzene rings is 1. The molecule has 0 saturated carbocycles. The Kier molecular flexibility index (Phi) is 9.57. The smallest absolute Gasteiger partial charge is 0.407 e. The molecule has 1 aliphatic carbocycles. The van der Waals surface area contributed by atoms with Crippen LogP contribution in [0.15, 0.2) is 41.6 Å². The molecule has 2 fully saturated rings. The van der Waals surface area contributed by atoms with Gasteiger partial charge in [0.05, 0.1) is 17.9 Å². The van der Waals surface area contributed by atoms with Crippen molar-refractivity contribution in [1.82, 2.24) is 10.2 Å². The molecule has 2 amide bonds. The number of anilines is 2. The summed E-state index contributed by atoms with van der Waals surface area (Å²) in [5, 5.41) is 13.2. The van der Waals surface area contributed by atoms with Gasteiger partial charge in [0.15, 0.2) is 0 Å². The van der Waals surface area contributed by atoms with E-state index < -0.39 is 17.8 Å². The molecule has 0 spiro atoms. The molecule has 2 aliphatic heterocycles. The van der Waals surface area contributed by atoms with E-state index in [-0.39, 0.29) is 24.2 Å². The van der Waals surface area contributed by atoms with Crippen molar-refractivity contribution in [2.75, 3.05) is 55.8 Å². The number of alkyl carbamates (subject to hydrolysis) is 1. The van der Waals surface area contributed by atoms with Crippen LogP contribution in [0.25, 0.3) is 0 Å². The topological polar surface area (TPSA) is 121 Å². The molecule has 220 valence electrons. The minimum atomic E-state index is -0.700. The first kappa shape index (κ1) is 29.7. The third-order valence-corrected chi connectivity index (χ3v) is 7.21. The molecule has 10 nitrogen and oxygen atoms in total. The highest BCUT2D eigenvalue weighted by atomic mass is 19.1. The largest absolute Gasteiger partial charge is 0.444 e. The number of aliphatic hydroxyl groups excluding tert-OH is 1. The second-order valence-corrected chi connectivity index (χ2v) is 11.5. The van der Waals surface area contributed by atoms with Gasteiger partial charge in [-0.3, -0.25) is 4.79 Å². The van der Waals surface area contributed by atoms with Gasteiger partial charge in [-0.25, -0.2) is 9.18 Å². The lowest BCUT2D eigenvalue weighted by atomic mass is 9.97. The highest BCUT2D eigenvalue weighted by molar-refractivity contribution is 5.76. The molecule has 1 aromatic rings. The Hall–Kier alpha value is -3.31. The number of carbonyl (C=O) groups excluding carboxylic acids is 2. The summed E-state index contributed by atoms with van der Waals surface area (Å²) in [6.45, 7) is 8.58. The predicted molar refractivity (Wildman–Crippen MR) is 151 cm³/mol. The number of amides is 2. The lowest BCUT2D eigenvalue weighted by molar-refractivity contribution is -0.132. The molecule has 4 N–H and O–H groups in total. The van der Waals surface area contributed by atoms with Crippen LogP contribution in [0.5, 0.6) is 0 Å². The molecule has 3 aliphatic rings. The summed E-state index contributed by atoms with van der Waals surface area (Å²) >= 11 is 0. The average molecular weight is 560 g/mol. The maximum atomic E-state index is 15.2. The van der Waals surface area contributed by atoms with E-state index in [1.165, 1.54) is 6.07 Å². The normalized spacial score (nSPS) is 20.6. The van der Waals surface area contributed by atoms with Crippen LogP contribution in [0.2, 0.25) is 0 Å². The zero-order chi connectivity index (χ0) is 28.9. The van der Waals surface area contributed by atoms with E-state index in [0.717, 1.165) is 24.1 Å². The molecule has 2 heterocycles. The number of nitrogens with one attached hydrogen (secondary N) is 1. The van der Waals surface area contributed by atoms with E-state index in [1.54, 1.807) is 37.8 Å². The van der Waals surface area contributed by atoms with Crippen molar-refractivity contribution >= 4 is 23.4 Å². The molecule has 40 heavy (non-hydrogen) atoms. The Bertz CT molecular complexity index is 1130. The number of halogens is 1. The van der Waals surface area contributed by atoms with Gasteiger partial charge in [0.1, 0.15) is 18.1 Å². The van der Waals surface area contributed by atoms with Gasteiger partial charge in [0.2, 0.25) is 5.91 Å². The monoisotopic (exact) mass is 559 g/mol. The van der Waals surface area contributed by atoms with Gasteiger partial charge in [-0.05, 0) is 69.9 Å². The number of nitrogens with zero attached hydrogens (tertiary/aromatic N) is 3. The number of hydrogen-bond donors (Lipinski definition) is 3. The van der Waals surface area contributed by atoms with Gasteiger partial charge in [-0.1, -0.05) is 6.08 Å². The number of rotatable bonds is 8. The van der Waals surface area contributed by atoms with E-state index in [9.17, 15) is 14.7 Å². The fraction of sp³-hybridized carbons (Fsp3) is 0.586. The Labute approximate surface area is 235 Å². The lowest BCUT2D eigenvalue weighted by Crippen LogP contribution is -2.49. The first-order valence-corrected chi connectivity index (χ1v) is 14.0. The van der Waals surface area contributed by atoms with Crippen molar-refractivity contribution in [1.29, 1.82) is 0 Å². The van der Waals surface area contributed by atoms with Gasteiger partial charge in [-0.15, -0.1) is 0 Å². The summed E-state index contributed by atoms with van der Waals surface area (Å²) in [7, 11) is 0. The predicted octanol–water partition coefficient (Wildman–Crippen LogP) is 2.87. The van der Waals surface area contributed by atoms with Crippen LogP contribution in [0.3, 0.4) is 0 Å².